The van der Waals surface area contributed by atoms with Gasteiger partial charge in [0.05, 0.1) is 10.4 Å². The molecule has 138 valence electrons. The van der Waals surface area contributed by atoms with Gasteiger partial charge in [-0.25, -0.2) is 0 Å². The van der Waals surface area contributed by atoms with Crippen LogP contribution >= 0.6 is 11.3 Å². The lowest BCUT2D eigenvalue weighted by molar-refractivity contribution is 0.0953. The maximum absolute atomic E-state index is 12.4. The molecule has 0 aliphatic carbocycles. The zero-order chi connectivity index (χ0) is 18.6. The highest BCUT2D eigenvalue weighted by Gasteiger charge is 2.14. The normalized spacial score (nSPS) is 14.5. The zero-order valence-corrected chi connectivity index (χ0v) is 15.8. The number of amides is 1. The van der Waals surface area contributed by atoms with Crippen molar-refractivity contribution >= 4 is 34.4 Å². The molecule has 4 rings (SSSR count). The predicted octanol–water partition coefficient (Wildman–Crippen LogP) is 3.60. The number of aldehydes is 1. The highest BCUT2D eigenvalue weighted by Crippen LogP contribution is 2.33. The molecule has 0 unspecified atom stereocenters. The zero-order valence-electron chi connectivity index (χ0n) is 15.0. The number of likely N-dealkylation sites (tertiary alicyclic amines) is 1. The Morgan fingerprint density at radius 3 is 2.85 bits per heavy atom. The first-order valence-electron chi connectivity index (χ1n) is 9.19. The smallest absolute Gasteiger partial charge is 0.261 e. The van der Waals surface area contributed by atoms with Gasteiger partial charge in [0.1, 0.15) is 6.29 Å². The second-order valence-corrected chi connectivity index (χ2v) is 7.81. The van der Waals surface area contributed by atoms with Crippen LogP contribution in [-0.4, -0.2) is 48.3 Å². The number of pyridine rings is 1. The molecule has 0 radical (unpaired) electrons. The molecule has 1 aliphatic heterocycles. The van der Waals surface area contributed by atoms with E-state index in [0.717, 1.165) is 47.3 Å². The summed E-state index contributed by atoms with van der Waals surface area (Å²) in [5, 5.41) is 3.94. The second kappa shape index (κ2) is 7.98. The van der Waals surface area contributed by atoms with E-state index in [1.165, 1.54) is 24.2 Å². The average molecular weight is 379 g/mol. The van der Waals surface area contributed by atoms with Crippen molar-refractivity contribution in [3.05, 3.63) is 53.0 Å². The number of carbonyl (C=O) groups is 2. The molecule has 0 bridgehead atoms. The number of thiophene rings is 1. The molecule has 1 aromatic carbocycles. The van der Waals surface area contributed by atoms with Crippen LogP contribution in [0.5, 0.6) is 0 Å². The van der Waals surface area contributed by atoms with Gasteiger partial charge in [-0.1, -0.05) is 0 Å². The minimum atomic E-state index is -0.0302. The van der Waals surface area contributed by atoms with E-state index in [1.54, 1.807) is 12.3 Å². The highest BCUT2D eigenvalue weighted by molar-refractivity contribution is 7.17. The SMILES string of the molecule is O=Cc1ccc2nccc(-c3ccc(C(=O)NCCN4CCCC4)s3)c2c1. The van der Waals surface area contributed by atoms with E-state index in [-0.39, 0.29) is 5.91 Å². The molecular formula is C21H21N3O2S. The van der Waals surface area contributed by atoms with E-state index >= 15 is 0 Å². The number of hydrogen-bond acceptors (Lipinski definition) is 5. The van der Waals surface area contributed by atoms with Crippen LogP contribution in [0.25, 0.3) is 21.3 Å². The van der Waals surface area contributed by atoms with Gasteiger partial charge in [-0.3, -0.25) is 14.6 Å². The minimum absolute atomic E-state index is 0.0302. The molecule has 0 atom stereocenters. The first-order chi connectivity index (χ1) is 13.2. The molecule has 0 saturated carbocycles. The number of fused-ring (bicyclic) bond motifs is 1. The van der Waals surface area contributed by atoms with Gasteiger partial charge < -0.3 is 10.2 Å². The molecule has 3 heterocycles. The van der Waals surface area contributed by atoms with Crippen molar-refractivity contribution in [1.82, 2.24) is 15.2 Å². The van der Waals surface area contributed by atoms with Gasteiger partial charge in [-0.15, -0.1) is 11.3 Å². The molecule has 5 nitrogen and oxygen atoms in total. The minimum Gasteiger partial charge on any atom is -0.350 e. The first-order valence-corrected chi connectivity index (χ1v) is 10.0. The number of aromatic nitrogens is 1. The lowest BCUT2D eigenvalue weighted by Crippen LogP contribution is -2.33. The summed E-state index contributed by atoms with van der Waals surface area (Å²) >= 11 is 1.46. The van der Waals surface area contributed by atoms with E-state index in [2.05, 4.69) is 15.2 Å². The molecule has 1 N–H and O–H groups in total. The van der Waals surface area contributed by atoms with Crippen LogP contribution < -0.4 is 5.32 Å². The third-order valence-electron chi connectivity index (χ3n) is 4.91. The van der Waals surface area contributed by atoms with Gasteiger partial charge in [0.25, 0.3) is 5.91 Å². The van der Waals surface area contributed by atoms with Crippen LogP contribution in [0, 0.1) is 0 Å². The van der Waals surface area contributed by atoms with Crippen LogP contribution in [-0.2, 0) is 0 Å². The maximum atomic E-state index is 12.4. The number of nitrogens with one attached hydrogen (secondary N) is 1. The Balaban J connectivity index is 1.51. The average Bonchev–Trinajstić information content (AvgIpc) is 3.39. The van der Waals surface area contributed by atoms with E-state index < -0.39 is 0 Å². The van der Waals surface area contributed by atoms with Crippen molar-refractivity contribution in [3.8, 4) is 10.4 Å². The number of hydrogen-bond donors (Lipinski definition) is 1. The summed E-state index contributed by atoms with van der Waals surface area (Å²) in [6.07, 6.45) is 5.11. The van der Waals surface area contributed by atoms with Gasteiger partial charge in [-0.05, 0) is 62.3 Å². The van der Waals surface area contributed by atoms with Gasteiger partial charge in [-0.2, -0.15) is 0 Å². The van der Waals surface area contributed by atoms with E-state index in [9.17, 15) is 9.59 Å². The predicted molar refractivity (Wildman–Crippen MR) is 108 cm³/mol. The van der Waals surface area contributed by atoms with Crippen LogP contribution in [0.2, 0.25) is 0 Å². The molecule has 6 heteroatoms. The summed E-state index contributed by atoms with van der Waals surface area (Å²) in [6.45, 7) is 3.86. The molecule has 27 heavy (non-hydrogen) atoms. The number of nitrogens with zero attached hydrogens (tertiary/aromatic N) is 2. The molecule has 0 spiro atoms. The number of carbonyl (C=O) groups excluding carboxylic acids is 2. The molecule has 1 fully saturated rings. The van der Waals surface area contributed by atoms with Crippen molar-refractivity contribution in [2.45, 2.75) is 12.8 Å². The summed E-state index contributed by atoms with van der Waals surface area (Å²) < 4.78 is 0. The van der Waals surface area contributed by atoms with Crippen molar-refractivity contribution in [2.75, 3.05) is 26.2 Å². The van der Waals surface area contributed by atoms with Crippen molar-refractivity contribution in [1.29, 1.82) is 0 Å². The van der Waals surface area contributed by atoms with Crippen LogP contribution in [0.15, 0.2) is 42.6 Å². The third kappa shape index (κ3) is 3.91. The molecular weight excluding hydrogens is 358 g/mol. The highest BCUT2D eigenvalue weighted by atomic mass is 32.1. The van der Waals surface area contributed by atoms with Crippen molar-refractivity contribution in [2.24, 2.45) is 0 Å². The molecule has 1 saturated heterocycles. The van der Waals surface area contributed by atoms with Crippen LogP contribution in [0.1, 0.15) is 32.9 Å². The first kappa shape index (κ1) is 17.8. The lowest BCUT2D eigenvalue weighted by atomic mass is 10.1. The third-order valence-corrected chi connectivity index (χ3v) is 6.03. The molecule has 2 aromatic heterocycles. The van der Waals surface area contributed by atoms with E-state index in [4.69, 9.17) is 0 Å². The Bertz CT molecular complexity index is 976. The number of benzene rings is 1. The summed E-state index contributed by atoms with van der Waals surface area (Å²) in [6, 6.07) is 11.2. The van der Waals surface area contributed by atoms with Gasteiger partial charge >= 0.3 is 0 Å². The largest absolute Gasteiger partial charge is 0.350 e. The van der Waals surface area contributed by atoms with Gasteiger partial charge in [0.2, 0.25) is 0 Å². The monoisotopic (exact) mass is 379 g/mol. The Morgan fingerprint density at radius 1 is 1.19 bits per heavy atom. The second-order valence-electron chi connectivity index (χ2n) is 6.72. The lowest BCUT2D eigenvalue weighted by Gasteiger charge is -2.14. The van der Waals surface area contributed by atoms with Crippen LogP contribution in [0.4, 0.5) is 0 Å². The van der Waals surface area contributed by atoms with Gasteiger partial charge in [0.15, 0.2) is 0 Å². The fourth-order valence-electron chi connectivity index (χ4n) is 3.48. The Labute approximate surface area is 162 Å². The standard InChI is InChI=1S/C21H21N3O2S/c25-14-15-3-4-18-17(13-15)16(7-8-22-18)19-5-6-20(27-19)21(26)23-9-12-24-10-1-2-11-24/h3-8,13-14H,1-2,9-12H2,(H,23,26). The molecule has 1 amide bonds. The Morgan fingerprint density at radius 2 is 2.04 bits per heavy atom. The summed E-state index contributed by atoms with van der Waals surface area (Å²) in [5.74, 6) is -0.0302. The van der Waals surface area contributed by atoms with E-state index in [0.29, 0.717) is 17.0 Å². The summed E-state index contributed by atoms with van der Waals surface area (Å²) in [5.41, 5.74) is 2.45. The van der Waals surface area contributed by atoms with Crippen LogP contribution in [0.3, 0.4) is 0 Å². The summed E-state index contributed by atoms with van der Waals surface area (Å²) in [4.78, 5) is 32.0. The fourth-order valence-corrected chi connectivity index (χ4v) is 4.44. The fraction of sp³-hybridized carbons (Fsp3) is 0.286. The van der Waals surface area contributed by atoms with Crippen molar-refractivity contribution < 1.29 is 9.59 Å². The Kier molecular flexibility index (Phi) is 5.27. The van der Waals surface area contributed by atoms with Gasteiger partial charge in [0, 0.05) is 40.7 Å². The topological polar surface area (TPSA) is 62.3 Å². The summed E-state index contributed by atoms with van der Waals surface area (Å²) in [7, 11) is 0. The quantitative estimate of drug-likeness (QED) is 0.665. The molecule has 1 aliphatic rings. The Hall–Kier alpha value is -2.57. The number of rotatable bonds is 6. The maximum Gasteiger partial charge on any atom is 0.261 e. The van der Waals surface area contributed by atoms with Crippen molar-refractivity contribution in [3.63, 3.8) is 0 Å². The molecule has 3 aromatic rings. The van der Waals surface area contributed by atoms with E-state index in [1.807, 2.05) is 30.3 Å².